The first-order chi connectivity index (χ1) is 13.5. The van der Waals surface area contributed by atoms with Crippen LogP contribution >= 0.6 is 0 Å². The fourth-order valence-electron chi connectivity index (χ4n) is 3.01. The highest BCUT2D eigenvalue weighted by Gasteiger charge is 2.25. The number of amides is 1. The van der Waals surface area contributed by atoms with Crippen LogP contribution in [0.4, 0.5) is 0 Å². The molecule has 0 spiro atoms. The maximum atomic E-state index is 12.5. The normalized spacial score (nSPS) is 16.3. The maximum Gasteiger partial charge on any atom is 0.236 e. The Morgan fingerprint density at radius 1 is 0.929 bits per heavy atom. The molecule has 1 amide bonds. The lowest BCUT2D eigenvalue weighted by Gasteiger charge is -2.32. The summed E-state index contributed by atoms with van der Waals surface area (Å²) in [4.78, 5) is 14.1. The van der Waals surface area contributed by atoms with Gasteiger partial charge in [0.1, 0.15) is 0 Å². The van der Waals surface area contributed by atoms with E-state index in [4.69, 9.17) is 0 Å². The summed E-state index contributed by atoms with van der Waals surface area (Å²) in [6.45, 7) is 2.62. The number of rotatable bonds is 7. The van der Waals surface area contributed by atoms with E-state index in [-0.39, 0.29) is 12.5 Å². The van der Waals surface area contributed by atoms with Crippen molar-refractivity contribution >= 4 is 22.0 Å². The van der Waals surface area contributed by atoms with Crippen molar-refractivity contribution in [3.05, 3.63) is 77.2 Å². The van der Waals surface area contributed by atoms with Gasteiger partial charge in [-0.3, -0.25) is 9.69 Å². The van der Waals surface area contributed by atoms with E-state index in [0.29, 0.717) is 32.7 Å². The number of hydrogen-bond acceptors (Lipinski definition) is 4. The Bertz CT molecular complexity index is 891. The minimum absolute atomic E-state index is 0.0517. The third kappa shape index (κ3) is 6.02. The average molecular weight is 400 g/mol. The highest BCUT2D eigenvalue weighted by atomic mass is 32.2. The second-order valence-corrected chi connectivity index (χ2v) is 8.51. The van der Waals surface area contributed by atoms with Crippen molar-refractivity contribution in [2.24, 2.45) is 0 Å². The number of benzene rings is 2. The lowest BCUT2D eigenvalue weighted by molar-refractivity contribution is -0.122. The topological polar surface area (TPSA) is 69.7 Å². The van der Waals surface area contributed by atoms with Crippen LogP contribution in [0.2, 0.25) is 0 Å². The summed E-state index contributed by atoms with van der Waals surface area (Å²) in [5, 5.41) is 4.16. The van der Waals surface area contributed by atoms with E-state index in [2.05, 4.69) is 5.32 Å². The van der Waals surface area contributed by atoms with Gasteiger partial charge < -0.3 is 5.32 Å². The van der Waals surface area contributed by atoms with E-state index in [1.807, 2.05) is 65.6 Å². The second-order valence-electron chi connectivity index (χ2n) is 6.70. The SMILES string of the molecule is O=C(CN1CCN(S(=O)(=O)C=Cc2ccccc2)CC1)NCc1ccccc1. The Morgan fingerprint density at radius 2 is 1.54 bits per heavy atom. The summed E-state index contributed by atoms with van der Waals surface area (Å²) in [5.74, 6) is -0.0517. The average Bonchev–Trinajstić information content (AvgIpc) is 2.73. The van der Waals surface area contributed by atoms with Crippen molar-refractivity contribution in [2.75, 3.05) is 32.7 Å². The summed E-state index contributed by atoms with van der Waals surface area (Å²) in [6.07, 6.45) is 1.61. The molecule has 2 aromatic carbocycles. The van der Waals surface area contributed by atoms with Gasteiger partial charge in [0.2, 0.25) is 15.9 Å². The van der Waals surface area contributed by atoms with Gasteiger partial charge in [0, 0.05) is 38.1 Å². The molecule has 3 rings (SSSR count). The molecular weight excluding hydrogens is 374 g/mol. The lowest BCUT2D eigenvalue weighted by atomic mass is 10.2. The van der Waals surface area contributed by atoms with Gasteiger partial charge in [-0.2, -0.15) is 4.31 Å². The van der Waals surface area contributed by atoms with Crippen molar-refractivity contribution in [1.82, 2.24) is 14.5 Å². The van der Waals surface area contributed by atoms with E-state index < -0.39 is 10.0 Å². The molecule has 148 valence electrons. The largest absolute Gasteiger partial charge is 0.351 e. The van der Waals surface area contributed by atoms with Crippen LogP contribution in [0, 0.1) is 0 Å². The molecule has 0 unspecified atom stereocenters. The molecule has 0 aromatic heterocycles. The van der Waals surface area contributed by atoms with E-state index >= 15 is 0 Å². The number of nitrogens with zero attached hydrogens (tertiary/aromatic N) is 2. The molecule has 28 heavy (non-hydrogen) atoms. The molecule has 1 N–H and O–H groups in total. The minimum atomic E-state index is -3.45. The fourth-order valence-corrected chi connectivity index (χ4v) is 4.19. The van der Waals surface area contributed by atoms with Gasteiger partial charge in [-0.1, -0.05) is 60.7 Å². The monoisotopic (exact) mass is 399 g/mol. The summed E-state index contributed by atoms with van der Waals surface area (Å²) < 4.78 is 26.4. The molecule has 0 bridgehead atoms. The van der Waals surface area contributed by atoms with Crippen molar-refractivity contribution < 1.29 is 13.2 Å². The van der Waals surface area contributed by atoms with Gasteiger partial charge in [0.15, 0.2) is 0 Å². The third-order valence-electron chi connectivity index (χ3n) is 4.62. The molecule has 0 radical (unpaired) electrons. The van der Waals surface area contributed by atoms with E-state index in [0.717, 1.165) is 11.1 Å². The number of carbonyl (C=O) groups excluding carboxylic acids is 1. The summed E-state index contributed by atoms with van der Waals surface area (Å²) in [7, 11) is -3.45. The second kappa shape index (κ2) is 9.64. The first-order valence-corrected chi connectivity index (χ1v) is 10.8. The molecule has 2 aromatic rings. The Morgan fingerprint density at radius 3 is 2.18 bits per heavy atom. The number of piperazine rings is 1. The van der Waals surface area contributed by atoms with Crippen LogP contribution in [0.1, 0.15) is 11.1 Å². The van der Waals surface area contributed by atoms with E-state index in [1.54, 1.807) is 6.08 Å². The van der Waals surface area contributed by atoms with Gasteiger partial charge in [-0.15, -0.1) is 0 Å². The van der Waals surface area contributed by atoms with Crippen molar-refractivity contribution in [1.29, 1.82) is 0 Å². The first-order valence-electron chi connectivity index (χ1n) is 9.29. The molecular formula is C21H25N3O3S. The van der Waals surface area contributed by atoms with Crippen molar-refractivity contribution in [3.63, 3.8) is 0 Å². The van der Waals surface area contributed by atoms with Gasteiger partial charge in [0.25, 0.3) is 0 Å². The third-order valence-corrected chi connectivity index (χ3v) is 6.19. The van der Waals surface area contributed by atoms with Crippen LogP contribution in [-0.4, -0.2) is 56.3 Å². The number of nitrogens with one attached hydrogen (secondary N) is 1. The zero-order chi connectivity index (χ0) is 19.8. The Balaban J connectivity index is 1.44. The standard InChI is InChI=1S/C21H25N3O3S/c25-21(22-17-20-9-5-2-6-10-20)18-23-12-14-24(15-13-23)28(26,27)16-11-19-7-3-1-4-8-19/h1-11,16H,12-15,17-18H2,(H,22,25). The van der Waals surface area contributed by atoms with Gasteiger partial charge in [0.05, 0.1) is 6.54 Å². The molecule has 1 aliphatic rings. The molecule has 1 heterocycles. The van der Waals surface area contributed by atoms with E-state index in [9.17, 15) is 13.2 Å². The van der Waals surface area contributed by atoms with Gasteiger partial charge in [-0.25, -0.2) is 8.42 Å². The molecule has 6 nitrogen and oxygen atoms in total. The van der Waals surface area contributed by atoms with Crippen LogP contribution < -0.4 is 5.32 Å². The van der Waals surface area contributed by atoms with Crippen LogP contribution in [0.3, 0.4) is 0 Å². The zero-order valence-electron chi connectivity index (χ0n) is 15.7. The lowest BCUT2D eigenvalue weighted by Crippen LogP contribution is -2.50. The number of carbonyl (C=O) groups is 1. The Labute approximate surface area is 166 Å². The summed E-state index contributed by atoms with van der Waals surface area (Å²) in [5.41, 5.74) is 1.90. The van der Waals surface area contributed by atoms with Crippen LogP contribution in [0.15, 0.2) is 66.1 Å². The highest BCUT2D eigenvalue weighted by molar-refractivity contribution is 7.92. The molecule has 0 saturated carbocycles. The predicted octanol–water partition coefficient (Wildman–Crippen LogP) is 1.92. The summed E-state index contributed by atoms with van der Waals surface area (Å²) in [6, 6.07) is 19.1. The summed E-state index contributed by atoms with van der Waals surface area (Å²) >= 11 is 0. The quantitative estimate of drug-likeness (QED) is 0.772. The minimum Gasteiger partial charge on any atom is -0.351 e. The molecule has 7 heteroatoms. The molecule has 0 aliphatic carbocycles. The molecule has 0 atom stereocenters. The molecule has 1 fully saturated rings. The van der Waals surface area contributed by atoms with Crippen LogP contribution in [0.25, 0.3) is 6.08 Å². The number of hydrogen-bond donors (Lipinski definition) is 1. The van der Waals surface area contributed by atoms with Gasteiger partial charge in [-0.05, 0) is 17.2 Å². The van der Waals surface area contributed by atoms with Crippen LogP contribution in [-0.2, 0) is 21.4 Å². The number of sulfonamides is 1. The van der Waals surface area contributed by atoms with Crippen molar-refractivity contribution in [2.45, 2.75) is 6.54 Å². The van der Waals surface area contributed by atoms with Crippen molar-refractivity contribution in [3.8, 4) is 0 Å². The smallest absolute Gasteiger partial charge is 0.236 e. The molecule has 1 aliphatic heterocycles. The van der Waals surface area contributed by atoms with Gasteiger partial charge >= 0.3 is 0 Å². The Kier molecular flexibility index (Phi) is 6.97. The maximum absolute atomic E-state index is 12.5. The first kappa shape index (κ1) is 20.3. The Hall–Kier alpha value is -2.48. The highest BCUT2D eigenvalue weighted by Crippen LogP contribution is 2.11. The predicted molar refractivity (Wildman–Crippen MR) is 111 cm³/mol. The zero-order valence-corrected chi connectivity index (χ0v) is 16.5. The van der Waals surface area contributed by atoms with E-state index in [1.165, 1.54) is 9.71 Å². The fraction of sp³-hybridized carbons (Fsp3) is 0.286. The molecule has 1 saturated heterocycles. The van der Waals surface area contributed by atoms with Crippen LogP contribution in [0.5, 0.6) is 0 Å².